The maximum Gasteiger partial charge on any atom is 0.320 e. The molecule has 0 saturated carbocycles. The minimum Gasteiger partial charge on any atom is -0.508 e. The predicted molar refractivity (Wildman–Crippen MR) is 69.5 cm³/mol. The molecule has 1 atom stereocenters. The Hall–Kier alpha value is -2.47. The Balaban J connectivity index is 0.000000250. The number of nitrogens with zero attached hydrogens (tertiary/aromatic N) is 2. The maximum atomic E-state index is 10.4. The SMILES string of the molecule is NC(Cc1ccc(O)cc1)C(=O)O.c1cncnc1. The van der Waals surface area contributed by atoms with Gasteiger partial charge in [-0.05, 0) is 30.2 Å². The molecule has 0 saturated heterocycles. The number of carbonyl (C=O) groups is 1. The Morgan fingerprint density at radius 3 is 2.16 bits per heavy atom. The summed E-state index contributed by atoms with van der Waals surface area (Å²) in [5.74, 6) is -0.860. The van der Waals surface area contributed by atoms with Crippen molar-refractivity contribution in [1.29, 1.82) is 0 Å². The van der Waals surface area contributed by atoms with Crippen LogP contribution >= 0.6 is 0 Å². The molecule has 19 heavy (non-hydrogen) atoms. The highest BCUT2D eigenvalue weighted by Gasteiger charge is 2.11. The third-order valence-corrected chi connectivity index (χ3v) is 2.19. The third-order valence-electron chi connectivity index (χ3n) is 2.19. The first-order chi connectivity index (χ1) is 9.09. The number of nitrogens with two attached hydrogens (primary N) is 1. The Morgan fingerprint density at radius 1 is 1.21 bits per heavy atom. The van der Waals surface area contributed by atoms with Crippen molar-refractivity contribution in [2.24, 2.45) is 5.73 Å². The van der Waals surface area contributed by atoms with E-state index in [-0.39, 0.29) is 12.2 Å². The molecule has 1 unspecified atom stereocenters. The average molecular weight is 261 g/mol. The molecule has 0 aliphatic rings. The lowest BCUT2D eigenvalue weighted by Crippen LogP contribution is -2.32. The predicted octanol–water partition coefficient (Wildman–Crippen LogP) is 0.823. The molecule has 0 amide bonds. The molecule has 100 valence electrons. The minimum atomic E-state index is -1.02. The fraction of sp³-hybridized carbons (Fsp3) is 0.154. The number of phenolic OH excluding ortho intramolecular Hbond substituents is 1. The molecule has 4 N–H and O–H groups in total. The maximum absolute atomic E-state index is 10.4. The molecule has 0 aliphatic carbocycles. The highest BCUT2D eigenvalue weighted by molar-refractivity contribution is 5.73. The van der Waals surface area contributed by atoms with Gasteiger partial charge in [0.05, 0.1) is 0 Å². The van der Waals surface area contributed by atoms with E-state index in [4.69, 9.17) is 15.9 Å². The lowest BCUT2D eigenvalue weighted by Gasteiger charge is -2.05. The van der Waals surface area contributed by atoms with Gasteiger partial charge in [0.25, 0.3) is 0 Å². The zero-order valence-electron chi connectivity index (χ0n) is 10.2. The number of benzene rings is 1. The first-order valence-electron chi connectivity index (χ1n) is 5.56. The normalized spacial score (nSPS) is 11.0. The van der Waals surface area contributed by atoms with Gasteiger partial charge < -0.3 is 15.9 Å². The van der Waals surface area contributed by atoms with Gasteiger partial charge in [0.2, 0.25) is 0 Å². The van der Waals surface area contributed by atoms with Crippen molar-refractivity contribution in [3.8, 4) is 5.75 Å². The second-order valence-electron chi connectivity index (χ2n) is 3.72. The van der Waals surface area contributed by atoms with E-state index in [0.717, 1.165) is 5.56 Å². The van der Waals surface area contributed by atoms with Gasteiger partial charge in [-0.25, -0.2) is 9.97 Å². The summed E-state index contributed by atoms with van der Waals surface area (Å²) in [6, 6.07) is 7.20. The summed E-state index contributed by atoms with van der Waals surface area (Å²) >= 11 is 0. The zero-order valence-corrected chi connectivity index (χ0v) is 10.2. The standard InChI is InChI=1S/C9H11NO3.C4H4N2/c10-8(9(12)13)5-6-1-3-7(11)4-2-6;1-2-5-4-6-3-1/h1-4,8,11H,5,10H2,(H,12,13);1-4H. The number of rotatable bonds is 3. The van der Waals surface area contributed by atoms with Gasteiger partial charge in [-0.2, -0.15) is 0 Å². The number of hydrogen-bond acceptors (Lipinski definition) is 5. The van der Waals surface area contributed by atoms with Gasteiger partial charge >= 0.3 is 5.97 Å². The van der Waals surface area contributed by atoms with E-state index in [2.05, 4.69) is 9.97 Å². The van der Waals surface area contributed by atoms with Crippen LogP contribution in [-0.2, 0) is 11.2 Å². The molecule has 0 radical (unpaired) electrons. The third kappa shape index (κ3) is 6.13. The molecular weight excluding hydrogens is 246 g/mol. The van der Waals surface area contributed by atoms with Gasteiger partial charge in [0.15, 0.2) is 0 Å². The van der Waals surface area contributed by atoms with E-state index in [1.807, 2.05) is 0 Å². The monoisotopic (exact) mass is 261 g/mol. The molecular formula is C13H15N3O3. The average Bonchev–Trinajstić information content (AvgIpc) is 2.44. The first kappa shape index (κ1) is 14.6. The number of aliphatic carboxylic acids is 1. The quantitative estimate of drug-likeness (QED) is 0.754. The van der Waals surface area contributed by atoms with Crippen LogP contribution in [0.1, 0.15) is 5.56 Å². The van der Waals surface area contributed by atoms with E-state index in [1.165, 1.54) is 18.5 Å². The Bertz CT molecular complexity index is 462. The minimum absolute atomic E-state index is 0.160. The molecule has 1 aromatic carbocycles. The molecule has 0 spiro atoms. The highest BCUT2D eigenvalue weighted by Crippen LogP contribution is 2.10. The second-order valence-corrected chi connectivity index (χ2v) is 3.72. The van der Waals surface area contributed by atoms with Crippen molar-refractivity contribution in [3.05, 3.63) is 54.6 Å². The van der Waals surface area contributed by atoms with Crippen molar-refractivity contribution in [2.75, 3.05) is 0 Å². The molecule has 1 heterocycles. The summed E-state index contributed by atoms with van der Waals surface area (Å²) in [5.41, 5.74) is 6.12. The summed E-state index contributed by atoms with van der Waals surface area (Å²) in [5, 5.41) is 17.5. The van der Waals surface area contributed by atoms with Gasteiger partial charge in [0.1, 0.15) is 18.1 Å². The summed E-state index contributed by atoms with van der Waals surface area (Å²) in [7, 11) is 0. The van der Waals surface area contributed by atoms with Crippen LogP contribution in [0.5, 0.6) is 5.75 Å². The van der Waals surface area contributed by atoms with Gasteiger partial charge in [-0.15, -0.1) is 0 Å². The summed E-state index contributed by atoms with van der Waals surface area (Å²) in [6.45, 7) is 0. The van der Waals surface area contributed by atoms with Crippen LogP contribution in [0.4, 0.5) is 0 Å². The summed E-state index contributed by atoms with van der Waals surface area (Å²) in [6.07, 6.45) is 5.15. The van der Waals surface area contributed by atoms with Crippen LogP contribution in [0.2, 0.25) is 0 Å². The van der Waals surface area contributed by atoms with E-state index in [1.54, 1.807) is 30.6 Å². The first-order valence-corrected chi connectivity index (χ1v) is 5.56. The lowest BCUT2D eigenvalue weighted by atomic mass is 10.1. The highest BCUT2D eigenvalue weighted by atomic mass is 16.4. The number of carboxylic acids is 1. The Labute approximate surface area is 110 Å². The molecule has 1 aromatic heterocycles. The number of hydrogen-bond donors (Lipinski definition) is 3. The fourth-order valence-electron chi connectivity index (χ4n) is 1.23. The topological polar surface area (TPSA) is 109 Å². The fourth-order valence-corrected chi connectivity index (χ4v) is 1.23. The van der Waals surface area contributed by atoms with Crippen LogP contribution in [0.3, 0.4) is 0 Å². The van der Waals surface area contributed by atoms with E-state index < -0.39 is 12.0 Å². The van der Waals surface area contributed by atoms with Crippen molar-refractivity contribution in [2.45, 2.75) is 12.5 Å². The van der Waals surface area contributed by atoms with E-state index >= 15 is 0 Å². The molecule has 0 aliphatic heterocycles. The van der Waals surface area contributed by atoms with Crippen molar-refractivity contribution >= 4 is 5.97 Å². The smallest absolute Gasteiger partial charge is 0.320 e. The molecule has 6 heteroatoms. The number of aromatic nitrogens is 2. The molecule has 0 bridgehead atoms. The zero-order chi connectivity index (χ0) is 14.1. The van der Waals surface area contributed by atoms with E-state index in [9.17, 15) is 4.79 Å². The molecule has 0 fully saturated rings. The molecule has 2 rings (SSSR count). The lowest BCUT2D eigenvalue weighted by molar-refractivity contribution is -0.138. The van der Waals surface area contributed by atoms with Crippen LogP contribution in [0.15, 0.2) is 49.1 Å². The number of carboxylic acid groups (broad SMARTS) is 1. The second kappa shape index (κ2) is 7.78. The Kier molecular flexibility index (Phi) is 5.97. The van der Waals surface area contributed by atoms with E-state index in [0.29, 0.717) is 0 Å². The number of phenols is 1. The van der Waals surface area contributed by atoms with Crippen LogP contribution in [-0.4, -0.2) is 32.2 Å². The van der Waals surface area contributed by atoms with Crippen molar-refractivity contribution < 1.29 is 15.0 Å². The van der Waals surface area contributed by atoms with Crippen LogP contribution in [0.25, 0.3) is 0 Å². The molecule has 2 aromatic rings. The van der Waals surface area contributed by atoms with Crippen LogP contribution in [0, 0.1) is 0 Å². The van der Waals surface area contributed by atoms with Gasteiger partial charge in [-0.3, -0.25) is 4.79 Å². The summed E-state index contributed by atoms with van der Waals surface area (Å²) < 4.78 is 0. The summed E-state index contributed by atoms with van der Waals surface area (Å²) in [4.78, 5) is 17.7. The van der Waals surface area contributed by atoms with Gasteiger partial charge in [-0.1, -0.05) is 12.1 Å². The van der Waals surface area contributed by atoms with Crippen molar-refractivity contribution in [3.63, 3.8) is 0 Å². The number of aromatic hydroxyl groups is 1. The van der Waals surface area contributed by atoms with Gasteiger partial charge in [0, 0.05) is 12.4 Å². The molecule has 6 nitrogen and oxygen atoms in total. The van der Waals surface area contributed by atoms with Crippen LogP contribution < -0.4 is 5.73 Å². The largest absolute Gasteiger partial charge is 0.508 e. The van der Waals surface area contributed by atoms with Crippen molar-refractivity contribution in [1.82, 2.24) is 9.97 Å². The Morgan fingerprint density at radius 2 is 1.79 bits per heavy atom.